The highest BCUT2D eigenvalue weighted by Crippen LogP contribution is 2.25. The number of phenolic OH excluding ortho intramolecular Hbond substituents is 2. The molecule has 0 radical (unpaired) electrons. The number of ketones is 1. The first-order valence-corrected chi connectivity index (χ1v) is 5.78. The molecule has 0 aliphatic heterocycles. The number of aliphatic hydroxyl groups excluding tert-OH is 2. The van der Waals surface area contributed by atoms with E-state index in [-0.39, 0.29) is 11.3 Å². The van der Waals surface area contributed by atoms with Crippen LogP contribution in [0.1, 0.15) is 17.3 Å². The SMILES string of the molecule is CC(CO)(CO)C(=O)OCC(=O)c1ccc(O)c(O)c1. The van der Waals surface area contributed by atoms with Crippen molar-refractivity contribution in [2.75, 3.05) is 19.8 Å². The van der Waals surface area contributed by atoms with E-state index in [0.29, 0.717) is 0 Å². The van der Waals surface area contributed by atoms with Gasteiger partial charge in [0.1, 0.15) is 5.41 Å². The van der Waals surface area contributed by atoms with Crippen molar-refractivity contribution in [3.8, 4) is 11.5 Å². The molecular weight excluding hydrogens is 268 g/mol. The summed E-state index contributed by atoms with van der Waals surface area (Å²) < 4.78 is 4.72. The van der Waals surface area contributed by atoms with Crippen molar-refractivity contribution in [2.24, 2.45) is 5.41 Å². The van der Waals surface area contributed by atoms with Crippen molar-refractivity contribution in [3.63, 3.8) is 0 Å². The number of carbonyl (C=O) groups is 2. The number of Topliss-reactive ketones (excluding diaryl/α,β-unsaturated/α-hetero) is 1. The highest BCUT2D eigenvalue weighted by molar-refractivity contribution is 5.98. The van der Waals surface area contributed by atoms with Gasteiger partial charge in [0.25, 0.3) is 0 Å². The Bertz CT molecular complexity index is 505. The first-order chi connectivity index (χ1) is 9.34. The summed E-state index contributed by atoms with van der Waals surface area (Å²) in [6.07, 6.45) is 0. The second-order valence-electron chi connectivity index (χ2n) is 4.58. The van der Waals surface area contributed by atoms with Gasteiger partial charge in [-0.3, -0.25) is 9.59 Å². The molecule has 0 heterocycles. The van der Waals surface area contributed by atoms with Gasteiger partial charge in [-0.25, -0.2) is 0 Å². The Labute approximate surface area is 115 Å². The number of aliphatic hydroxyl groups is 2. The van der Waals surface area contributed by atoms with E-state index < -0.39 is 42.7 Å². The highest BCUT2D eigenvalue weighted by Gasteiger charge is 2.34. The first kappa shape index (κ1) is 15.9. The van der Waals surface area contributed by atoms with Crippen LogP contribution in [-0.4, -0.2) is 52.0 Å². The fourth-order valence-electron chi connectivity index (χ4n) is 1.26. The van der Waals surface area contributed by atoms with Crippen LogP contribution in [0.3, 0.4) is 0 Å². The van der Waals surface area contributed by atoms with Crippen molar-refractivity contribution >= 4 is 11.8 Å². The summed E-state index contributed by atoms with van der Waals surface area (Å²) in [7, 11) is 0. The molecule has 1 aromatic carbocycles. The van der Waals surface area contributed by atoms with Gasteiger partial charge in [-0.05, 0) is 25.1 Å². The molecule has 7 nitrogen and oxygen atoms in total. The summed E-state index contributed by atoms with van der Waals surface area (Å²) in [5.74, 6) is -2.32. The Morgan fingerprint density at radius 3 is 2.25 bits per heavy atom. The average Bonchev–Trinajstić information content (AvgIpc) is 2.46. The molecule has 0 spiro atoms. The van der Waals surface area contributed by atoms with E-state index in [1.165, 1.54) is 13.0 Å². The number of hydrogen-bond donors (Lipinski definition) is 4. The molecule has 0 unspecified atom stereocenters. The van der Waals surface area contributed by atoms with Crippen molar-refractivity contribution in [1.82, 2.24) is 0 Å². The van der Waals surface area contributed by atoms with Crippen LogP contribution in [0, 0.1) is 5.41 Å². The molecule has 0 aliphatic carbocycles. The summed E-state index contributed by atoms with van der Waals surface area (Å²) in [5.41, 5.74) is -1.42. The molecule has 0 amide bonds. The maximum absolute atomic E-state index is 11.7. The van der Waals surface area contributed by atoms with Crippen LogP contribution in [0.4, 0.5) is 0 Å². The molecule has 0 bridgehead atoms. The number of rotatable bonds is 6. The Hall–Kier alpha value is -2.12. The third-order valence-corrected chi connectivity index (χ3v) is 2.82. The monoisotopic (exact) mass is 284 g/mol. The van der Waals surface area contributed by atoms with E-state index in [4.69, 9.17) is 20.1 Å². The molecule has 0 saturated carbocycles. The summed E-state index contributed by atoms with van der Waals surface area (Å²) in [6, 6.07) is 3.45. The van der Waals surface area contributed by atoms with Gasteiger partial charge in [-0.15, -0.1) is 0 Å². The Morgan fingerprint density at radius 1 is 1.15 bits per heavy atom. The standard InChI is InChI=1S/C13H16O7/c1-13(6-14,7-15)12(19)20-5-11(18)8-2-3-9(16)10(17)4-8/h2-4,14-17H,5-7H2,1H3. The van der Waals surface area contributed by atoms with Gasteiger partial charge in [0, 0.05) is 5.56 Å². The molecule has 0 saturated heterocycles. The van der Waals surface area contributed by atoms with Crippen molar-refractivity contribution < 1.29 is 34.8 Å². The van der Waals surface area contributed by atoms with Gasteiger partial charge in [-0.1, -0.05) is 0 Å². The van der Waals surface area contributed by atoms with Crippen LogP contribution in [0.5, 0.6) is 11.5 Å². The maximum Gasteiger partial charge on any atom is 0.316 e. The summed E-state index contributed by atoms with van der Waals surface area (Å²) in [6.45, 7) is -0.530. The average molecular weight is 284 g/mol. The number of phenols is 2. The number of esters is 1. The predicted molar refractivity (Wildman–Crippen MR) is 67.3 cm³/mol. The molecule has 1 rings (SSSR count). The first-order valence-electron chi connectivity index (χ1n) is 5.78. The number of carbonyl (C=O) groups excluding carboxylic acids is 2. The zero-order valence-electron chi connectivity index (χ0n) is 10.9. The molecule has 110 valence electrons. The summed E-state index contributed by atoms with van der Waals surface area (Å²) in [5, 5.41) is 36.4. The third-order valence-electron chi connectivity index (χ3n) is 2.82. The Morgan fingerprint density at radius 2 is 1.75 bits per heavy atom. The predicted octanol–water partition coefficient (Wildman–Crippen LogP) is -0.185. The quantitative estimate of drug-likeness (QED) is 0.324. The number of hydrogen-bond acceptors (Lipinski definition) is 7. The van der Waals surface area contributed by atoms with Crippen LogP contribution in [0.15, 0.2) is 18.2 Å². The lowest BCUT2D eigenvalue weighted by atomic mass is 9.93. The molecule has 20 heavy (non-hydrogen) atoms. The number of benzene rings is 1. The van der Waals surface area contributed by atoms with Gasteiger partial charge < -0.3 is 25.2 Å². The Balaban J connectivity index is 2.68. The van der Waals surface area contributed by atoms with Gasteiger partial charge in [-0.2, -0.15) is 0 Å². The second-order valence-corrected chi connectivity index (χ2v) is 4.58. The molecule has 0 fully saturated rings. The molecule has 4 N–H and O–H groups in total. The molecule has 0 aromatic heterocycles. The zero-order valence-corrected chi connectivity index (χ0v) is 10.9. The van der Waals surface area contributed by atoms with Crippen LogP contribution >= 0.6 is 0 Å². The van der Waals surface area contributed by atoms with E-state index >= 15 is 0 Å². The van der Waals surface area contributed by atoms with Crippen LogP contribution in [0.25, 0.3) is 0 Å². The van der Waals surface area contributed by atoms with Crippen LogP contribution < -0.4 is 0 Å². The number of aromatic hydroxyl groups is 2. The van der Waals surface area contributed by atoms with Gasteiger partial charge in [0.05, 0.1) is 13.2 Å². The summed E-state index contributed by atoms with van der Waals surface area (Å²) in [4.78, 5) is 23.3. The smallest absolute Gasteiger partial charge is 0.316 e. The van der Waals surface area contributed by atoms with Gasteiger partial charge in [0.2, 0.25) is 0 Å². The van der Waals surface area contributed by atoms with E-state index in [9.17, 15) is 14.7 Å². The molecule has 7 heteroatoms. The lowest BCUT2D eigenvalue weighted by Crippen LogP contribution is -2.37. The largest absolute Gasteiger partial charge is 0.504 e. The molecule has 1 aromatic rings. The highest BCUT2D eigenvalue weighted by atomic mass is 16.5. The minimum atomic E-state index is -1.47. The zero-order chi connectivity index (χ0) is 15.3. The molecule has 0 atom stereocenters. The Kier molecular flexibility index (Phi) is 5.06. The lowest BCUT2D eigenvalue weighted by Gasteiger charge is -2.21. The fraction of sp³-hybridized carbons (Fsp3) is 0.385. The van der Waals surface area contributed by atoms with E-state index in [2.05, 4.69) is 0 Å². The van der Waals surface area contributed by atoms with E-state index in [1.54, 1.807) is 0 Å². The second kappa shape index (κ2) is 6.36. The minimum Gasteiger partial charge on any atom is -0.504 e. The van der Waals surface area contributed by atoms with E-state index in [1.807, 2.05) is 0 Å². The van der Waals surface area contributed by atoms with Gasteiger partial charge in [0.15, 0.2) is 23.9 Å². The number of ether oxygens (including phenoxy) is 1. The van der Waals surface area contributed by atoms with Crippen molar-refractivity contribution in [2.45, 2.75) is 6.92 Å². The third kappa shape index (κ3) is 3.46. The fourth-order valence-corrected chi connectivity index (χ4v) is 1.26. The van der Waals surface area contributed by atoms with Gasteiger partial charge >= 0.3 is 5.97 Å². The summed E-state index contributed by atoms with van der Waals surface area (Å²) >= 11 is 0. The van der Waals surface area contributed by atoms with Crippen molar-refractivity contribution in [1.29, 1.82) is 0 Å². The molecule has 0 aliphatic rings. The topological polar surface area (TPSA) is 124 Å². The minimum absolute atomic E-state index is 0.0581. The van der Waals surface area contributed by atoms with Crippen molar-refractivity contribution in [3.05, 3.63) is 23.8 Å². The van der Waals surface area contributed by atoms with Crippen LogP contribution in [0.2, 0.25) is 0 Å². The maximum atomic E-state index is 11.7. The molecular formula is C13H16O7. The van der Waals surface area contributed by atoms with Crippen LogP contribution in [-0.2, 0) is 9.53 Å². The lowest BCUT2D eigenvalue weighted by molar-refractivity contribution is -0.158. The van der Waals surface area contributed by atoms with E-state index in [0.717, 1.165) is 12.1 Å². The normalized spacial score (nSPS) is 11.2.